The molecule has 0 aliphatic carbocycles. The van der Waals surface area contributed by atoms with Gasteiger partial charge in [0.15, 0.2) is 0 Å². The zero-order chi connectivity index (χ0) is 31.5. The molecule has 0 saturated heterocycles. The van der Waals surface area contributed by atoms with Crippen LogP contribution in [0.5, 0.6) is 0 Å². The molecule has 7 nitrogen and oxygen atoms in total. The van der Waals surface area contributed by atoms with Gasteiger partial charge in [-0.3, -0.25) is 13.9 Å². The fraction of sp³-hybridized carbons (Fsp3) is 0.235. The molecule has 0 heterocycles. The molecule has 1 unspecified atom stereocenters. The lowest BCUT2D eigenvalue weighted by Gasteiger charge is -2.34. The molecule has 1 N–H and O–H groups in total. The number of halogens is 2. The smallest absolute Gasteiger partial charge is 0.264 e. The van der Waals surface area contributed by atoms with Crippen molar-refractivity contribution in [1.82, 2.24) is 10.2 Å². The second-order valence-corrected chi connectivity index (χ2v) is 13.8. The van der Waals surface area contributed by atoms with Gasteiger partial charge in [-0.05, 0) is 88.7 Å². The topological polar surface area (TPSA) is 86.8 Å². The van der Waals surface area contributed by atoms with E-state index in [0.29, 0.717) is 17.3 Å². The summed E-state index contributed by atoms with van der Waals surface area (Å²) in [5.41, 5.74) is 1.98. The Morgan fingerprint density at radius 3 is 2.07 bits per heavy atom. The van der Waals surface area contributed by atoms with E-state index in [1.807, 2.05) is 37.3 Å². The predicted octanol–water partition coefficient (Wildman–Crippen LogP) is 6.70. The summed E-state index contributed by atoms with van der Waals surface area (Å²) in [6, 6.07) is 30.6. The van der Waals surface area contributed by atoms with Gasteiger partial charge in [-0.25, -0.2) is 8.42 Å². The van der Waals surface area contributed by atoms with Crippen molar-refractivity contribution in [3.8, 4) is 0 Å². The van der Waals surface area contributed by atoms with E-state index in [1.54, 1.807) is 66.7 Å². The standard InChI is InChI=1S/C34H35ClIN3O4S/c1-2-3-22-37-34(41)32(23-26-10-6-4-7-11-26)38(24-27-14-16-28(35)17-15-27)33(40)25-39(30-20-18-29(36)19-21-30)44(42,43)31-12-8-5-9-13-31/h4-21,32H,2-3,22-25H2,1H3,(H,37,41). The number of unbranched alkanes of at least 4 members (excludes halogenated alkanes) is 1. The number of nitrogens with one attached hydrogen (secondary N) is 1. The minimum Gasteiger partial charge on any atom is -0.354 e. The summed E-state index contributed by atoms with van der Waals surface area (Å²) in [6.45, 7) is 2.09. The highest BCUT2D eigenvalue weighted by Gasteiger charge is 2.34. The van der Waals surface area contributed by atoms with Crippen molar-refractivity contribution in [3.05, 3.63) is 129 Å². The Kier molecular flexibility index (Phi) is 12.2. The van der Waals surface area contributed by atoms with Gasteiger partial charge in [0.05, 0.1) is 10.6 Å². The summed E-state index contributed by atoms with van der Waals surface area (Å²) in [4.78, 5) is 29.7. The van der Waals surface area contributed by atoms with Gasteiger partial charge in [0.2, 0.25) is 11.8 Å². The highest BCUT2D eigenvalue weighted by Crippen LogP contribution is 2.26. The molecule has 44 heavy (non-hydrogen) atoms. The van der Waals surface area contributed by atoms with E-state index in [0.717, 1.165) is 31.8 Å². The molecule has 0 aromatic heterocycles. The van der Waals surface area contributed by atoms with Crippen molar-refractivity contribution < 1.29 is 18.0 Å². The quantitative estimate of drug-likeness (QED) is 0.115. The van der Waals surface area contributed by atoms with Crippen molar-refractivity contribution in [2.24, 2.45) is 0 Å². The lowest BCUT2D eigenvalue weighted by Crippen LogP contribution is -2.53. The number of rotatable bonds is 14. The van der Waals surface area contributed by atoms with Gasteiger partial charge in [-0.1, -0.05) is 85.6 Å². The van der Waals surface area contributed by atoms with Crippen LogP contribution in [0.3, 0.4) is 0 Å². The molecule has 0 bridgehead atoms. The third-order valence-electron chi connectivity index (χ3n) is 7.09. The van der Waals surface area contributed by atoms with Gasteiger partial charge in [-0.2, -0.15) is 0 Å². The summed E-state index contributed by atoms with van der Waals surface area (Å²) < 4.78 is 30.0. The van der Waals surface area contributed by atoms with Gasteiger partial charge in [0, 0.05) is 28.1 Å². The van der Waals surface area contributed by atoms with Gasteiger partial charge in [0.1, 0.15) is 12.6 Å². The molecule has 230 valence electrons. The van der Waals surface area contributed by atoms with E-state index in [-0.39, 0.29) is 23.8 Å². The zero-order valence-corrected chi connectivity index (χ0v) is 28.1. The number of sulfonamides is 1. The Balaban J connectivity index is 1.77. The average molecular weight is 744 g/mol. The van der Waals surface area contributed by atoms with Crippen LogP contribution in [0.25, 0.3) is 0 Å². The maximum Gasteiger partial charge on any atom is 0.264 e. The first-order valence-corrected chi connectivity index (χ1v) is 17.3. The largest absolute Gasteiger partial charge is 0.354 e. The molecule has 0 saturated carbocycles. The zero-order valence-electron chi connectivity index (χ0n) is 24.4. The summed E-state index contributed by atoms with van der Waals surface area (Å²) >= 11 is 8.29. The van der Waals surface area contributed by atoms with Gasteiger partial charge in [-0.15, -0.1) is 0 Å². The average Bonchev–Trinajstić information content (AvgIpc) is 3.03. The number of benzene rings is 4. The number of hydrogen-bond donors (Lipinski definition) is 1. The van der Waals surface area contributed by atoms with Crippen molar-refractivity contribution in [2.45, 2.75) is 43.7 Å². The maximum atomic E-state index is 14.4. The van der Waals surface area contributed by atoms with Crippen LogP contribution in [0, 0.1) is 3.57 Å². The van der Waals surface area contributed by atoms with Crippen molar-refractivity contribution in [3.63, 3.8) is 0 Å². The molecule has 0 fully saturated rings. The summed E-state index contributed by atoms with van der Waals surface area (Å²) in [7, 11) is -4.13. The minimum absolute atomic E-state index is 0.0637. The fourth-order valence-corrected chi connectivity index (χ4v) is 6.62. The molecule has 4 aromatic carbocycles. The van der Waals surface area contributed by atoms with E-state index in [9.17, 15) is 18.0 Å². The summed E-state index contributed by atoms with van der Waals surface area (Å²) in [6.07, 6.45) is 1.96. The molecular formula is C34H35ClIN3O4S. The van der Waals surface area contributed by atoms with E-state index in [1.165, 1.54) is 17.0 Å². The second-order valence-electron chi connectivity index (χ2n) is 10.3. The number of nitrogens with zero attached hydrogens (tertiary/aromatic N) is 2. The fourth-order valence-electron chi connectivity index (χ4n) is 4.70. The first kappa shape index (κ1) is 33.5. The van der Waals surface area contributed by atoms with Crippen LogP contribution in [0.15, 0.2) is 114 Å². The number of carbonyl (C=O) groups is 2. The second kappa shape index (κ2) is 16.1. The van der Waals surface area contributed by atoms with E-state index < -0.39 is 28.5 Å². The van der Waals surface area contributed by atoms with Crippen LogP contribution in [-0.4, -0.2) is 44.3 Å². The van der Waals surface area contributed by atoms with E-state index >= 15 is 0 Å². The highest BCUT2D eigenvalue weighted by atomic mass is 127. The van der Waals surface area contributed by atoms with Gasteiger partial charge in [0.25, 0.3) is 10.0 Å². The SMILES string of the molecule is CCCCNC(=O)C(Cc1ccccc1)N(Cc1ccc(Cl)cc1)C(=O)CN(c1ccc(I)cc1)S(=O)(=O)c1ccccc1. The van der Waals surface area contributed by atoms with Gasteiger partial charge >= 0.3 is 0 Å². The lowest BCUT2D eigenvalue weighted by atomic mass is 10.0. The molecule has 4 aromatic rings. The maximum absolute atomic E-state index is 14.4. The third kappa shape index (κ3) is 9.06. The van der Waals surface area contributed by atoms with Crippen molar-refractivity contribution >= 4 is 61.7 Å². The molecule has 1 atom stereocenters. The molecular weight excluding hydrogens is 709 g/mol. The van der Waals surface area contributed by atoms with Crippen LogP contribution in [0.2, 0.25) is 5.02 Å². The highest BCUT2D eigenvalue weighted by molar-refractivity contribution is 14.1. The van der Waals surface area contributed by atoms with Crippen LogP contribution in [-0.2, 0) is 32.6 Å². The first-order chi connectivity index (χ1) is 21.2. The molecule has 10 heteroatoms. The first-order valence-electron chi connectivity index (χ1n) is 14.4. The number of anilines is 1. The monoisotopic (exact) mass is 743 g/mol. The molecule has 0 aliphatic rings. The van der Waals surface area contributed by atoms with E-state index in [4.69, 9.17) is 11.6 Å². The van der Waals surface area contributed by atoms with Crippen LogP contribution >= 0.6 is 34.2 Å². The Morgan fingerprint density at radius 2 is 1.45 bits per heavy atom. The molecule has 0 spiro atoms. The number of hydrogen-bond acceptors (Lipinski definition) is 4. The number of amides is 2. The minimum atomic E-state index is -4.13. The summed E-state index contributed by atoms with van der Waals surface area (Å²) in [5.74, 6) is -0.805. The molecule has 0 aliphatic heterocycles. The number of carbonyl (C=O) groups excluding carboxylic acids is 2. The molecule has 2 amide bonds. The van der Waals surface area contributed by atoms with Crippen molar-refractivity contribution in [1.29, 1.82) is 0 Å². The normalized spacial score (nSPS) is 11.9. The molecule has 4 rings (SSSR count). The lowest BCUT2D eigenvalue weighted by molar-refractivity contribution is -0.140. The van der Waals surface area contributed by atoms with Crippen molar-refractivity contribution in [2.75, 3.05) is 17.4 Å². The Labute approximate surface area is 278 Å². The Hall–Kier alpha value is -3.41. The predicted molar refractivity (Wildman–Crippen MR) is 184 cm³/mol. The Bertz CT molecular complexity index is 1620. The third-order valence-corrected chi connectivity index (χ3v) is 9.85. The van der Waals surface area contributed by atoms with Crippen LogP contribution in [0.4, 0.5) is 5.69 Å². The van der Waals surface area contributed by atoms with Crippen LogP contribution in [0.1, 0.15) is 30.9 Å². The van der Waals surface area contributed by atoms with E-state index in [2.05, 4.69) is 27.9 Å². The summed E-state index contributed by atoms with van der Waals surface area (Å²) in [5, 5.41) is 3.54. The Morgan fingerprint density at radius 1 is 0.841 bits per heavy atom. The van der Waals surface area contributed by atoms with Gasteiger partial charge < -0.3 is 10.2 Å². The van der Waals surface area contributed by atoms with Crippen LogP contribution < -0.4 is 9.62 Å². The molecule has 0 radical (unpaired) electrons.